The second-order valence-electron chi connectivity index (χ2n) is 5.77. The highest BCUT2D eigenvalue weighted by Gasteiger charge is 2.16. The number of nitrogens with zero attached hydrogens (tertiary/aromatic N) is 4. The summed E-state index contributed by atoms with van der Waals surface area (Å²) in [5, 5.41) is 0. The van der Waals surface area contributed by atoms with Crippen molar-refractivity contribution in [1.29, 1.82) is 0 Å². The van der Waals surface area contributed by atoms with Crippen molar-refractivity contribution in [3.8, 4) is 0 Å². The van der Waals surface area contributed by atoms with Crippen molar-refractivity contribution in [1.82, 2.24) is 19.3 Å². The van der Waals surface area contributed by atoms with Crippen LogP contribution in [0.5, 0.6) is 0 Å². The zero-order valence-corrected chi connectivity index (χ0v) is 14.1. The minimum Gasteiger partial charge on any atom is -0.380 e. The van der Waals surface area contributed by atoms with Gasteiger partial charge in [0, 0.05) is 32.2 Å². The van der Waals surface area contributed by atoms with Crippen molar-refractivity contribution in [2.45, 2.75) is 20.1 Å². The first-order valence-electron chi connectivity index (χ1n) is 7.71. The number of carbonyl (C=O) groups is 1. The molecule has 0 fully saturated rings. The standard InChI is InChI=1S/C18H20N4O2/c1-13-5-4-6-17-20-16(11-22(13)17)18(23)21(2)10-15-8-7-14(9-19-15)12-24-3/h4-9,11H,10,12H2,1-3H3. The third kappa shape index (κ3) is 3.28. The van der Waals surface area contributed by atoms with Gasteiger partial charge in [-0.15, -0.1) is 0 Å². The molecule has 3 aromatic rings. The summed E-state index contributed by atoms with van der Waals surface area (Å²) in [5.41, 5.74) is 4.07. The van der Waals surface area contributed by atoms with Crippen LogP contribution in [0.3, 0.4) is 0 Å². The molecule has 3 heterocycles. The maximum absolute atomic E-state index is 12.6. The molecule has 0 bridgehead atoms. The topological polar surface area (TPSA) is 59.7 Å². The molecule has 0 aliphatic heterocycles. The molecule has 24 heavy (non-hydrogen) atoms. The quantitative estimate of drug-likeness (QED) is 0.723. The van der Waals surface area contributed by atoms with Crippen LogP contribution in [0.15, 0.2) is 42.7 Å². The van der Waals surface area contributed by atoms with Crippen LogP contribution < -0.4 is 0 Å². The molecule has 0 atom stereocenters. The molecular formula is C18H20N4O2. The van der Waals surface area contributed by atoms with Crippen LogP contribution >= 0.6 is 0 Å². The van der Waals surface area contributed by atoms with E-state index in [0.29, 0.717) is 18.8 Å². The number of rotatable bonds is 5. The second kappa shape index (κ2) is 6.80. The lowest BCUT2D eigenvalue weighted by Gasteiger charge is -2.15. The SMILES string of the molecule is COCc1ccc(CN(C)C(=O)c2cn3c(C)cccc3n2)nc1. The third-order valence-corrected chi connectivity index (χ3v) is 3.86. The molecule has 0 aliphatic rings. The molecule has 0 saturated carbocycles. The van der Waals surface area contributed by atoms with E-state index in [1.54, 1.807) is 31.5 Å². The number of ether oxygens (including phenoxy) is 1. The minimum absolute atomic E-state index is 0.124. The summed E-state index contributed by atoms with van der Waals surface area (Å²) in [5.74, 6) is -0.124. The highest BCUT2D eigenvalue weighted by atomic mass is 16.5. The van der Waals surface area contributed by atoms with Crippen LogP contribution in [0.25, 0.3) is 5.65 Å². The molecule has 0 N–H and O–H groups in total. The van der Waals surface area contributed by atoms with E-state index in [9.17, 15) is 4.79 Å². The van der Waals surface area contributed by atoms with Crippen LogP contribution in [-0.4, -0.2) is 39.3 Å². The Morgan fingerprint density at radius 3 is 2.79 bits per heavy atom. The zero-order chi connectivity index (χ0) is 17.1. The number of hydrogen-bond donors (Lipinski definition) is 0. The highest BCUT2D eigenvalue weighted by Crippen LogP contribution is 2.11. The van der Waals surface area contributed by atoms with Crippen molar-refractivity contribution in [3.63, 3.8) is 0 Å². The van der Waals surface area contributed by atoms with Gasteiger partial charge < -0.3 is 14.0 Å². The summed E-state index contributed by atoms with van der Waals surface area (Å²) in [6, 6.07) is 9.67. The number of hydrogen-bond acceptors (Lipinski definition) is 4. The normalized spacial score (nSPS) is 11.0. The first kappa shape index (κ1) is 16.1. The molecule has 0 unspecified atom stereocenters. The van der Waals surface area contributed by atoms with Gasteiger partial charge in [0.25, 0.3) is 5.91 Å². The van der Waals surface area contributed by atoms with Crippen LogP contribution in [0.4, 0.5) is 0 Å². The Labute approximate surface area is 140 Å². The van der Waals surface area contributed by atoms with Crippen LogP contribution in [-0.2, 0) is 17.9 Å². The highest BCUT2D eigenvalue weighted by molar-refractivity contribution is 5.92. The number of pyridine rings is 2. The molecule has 3 aromatic heterocycles. The van der Waals surface area contributed by atoms with Crippen molar-refractivity contribution in [2.75, 3.05) is 14.2 Å². The number of aryl methyl sites for hydroxylation is 1. The number of imidazole rings is 1. The molecule has 0 radical (unpaired) electrons. The number of fused-ring (bicyclic) bond motifs is 1. The molecule has 0 aromatic carbocycles. The monoisotopic (exact) mass is 324 g/mol. The van der Waals surface area contributed by atoms with E-state index in [1.165, 1.54) is 0 Å². The third-order valence-electron chi connectivity index (χ3n) is 3.86. The lowest BCUT2D eigenvalue weighted by molar-refractivity contribution is 0.0778. The predicted octanol–water partition coefficient (Wildman–Crippen LogP) is 2.46. The van der Waals surface area contributed by atoms with Gasteiger partial charge in [0.2, 0.25) is 0 Å². The van der Waals surface area contributed by atoms with E-state index in [2.05, 4.69) is 9.97 Å². The van der Waals surface area contributed by atoms with Gasteiger partial charge >= 0.3 is 0 Å². The summed E-state index contributed by atoms with van der Waals surface area (Å²) in [4.78, 5) is 23.0. The fourth-order valence-electron chi connectivity index (χ4n) is 2.56. The molecule has 1 amide bonds. The van der Waals surface area contributed by atoms with E-state index in [0.717, 1.165) is 22.6 Å². The van der Waals surface area contributed by atoms with Gasteiger partial charge in [-0.2, -0.15) is 0 Å². The van der Waals surface area contributed by atoms with E-state index >= 15 is 0 Å². The molecular weight excluding hydrogens is 304 g/mol. The number of carbonyl (C=O) groups excluding carboxylic acids is 1. The molecule has 124 valence electrons. The Morgan fingerprint density at radius 1 is 1.29 bits per heavy atom. The van der Waals surface area contributed by atoms with Crippen molar-refractivity contribution in [3.05, 3.63) is 65.4 Å². The largest absolute Gasteiger partial charge is 0.380 e. The van der Waals surface area contributed by atoms with E-state index in [1.807, 2.05) is 41.7 Å². The molecule has 6 nitrogen and oxygen atoms in total. The summed E-state index contributed by atoms with van der Waals surface area (Å²) in [6.45, 7) is 2.94. The van der Waals surface area contributed by atoms with Gasteiger partial charge in [0.1, 0.15) is 11.3 Å². The Hall–Kier alpha value is -2.73. The van der Waals surface area contributed by atoms with E-state index < -0.39 is 0 Å². The number of methoxy groups -OCH3 is 1. The van der Waals surface area contributed by atoms with Crippen molar-refractivity contribution in [2.24, 2.45) is 0 Å². The predicted molar refractivity (Wildman–Crippen MR) is 90.7 cm³/mol. The molecule has 6 heteroatoms. The van der Waals surface area contributed by atoms with Gasteiger partial charge in [0.15, 0.2) is 0 Å². The van der Waals surface area contributed by atoms with Crippen LogP contribution in [0.1, 0.15) is 27.4 Å². The smallest absolute Gasteiger partial charge is 0.274 e. The van der Waals surface area contributed by atoms with Crippen molar-refractivity contribution >= 4 is 11.6 Å². The van der Waals surface area contributed by atoms with Crippen LogP contribution in [0.2, 0.25) is 0 Å². The Balaban J connectivity index is 1.74. The Bertz CT molecular complexity index is 855. The second-order valence-corrected chi connectivity index (χ2v) is 5.77. The lowest BCUT2D eigenvalue weighted by Crippen LogP contribution is -2.26. The van der Waals surface area contributed by atoms with Gasteiger partial charge in [-0.1, -0.05) is 12.1 Å². The van der Waals surface area contributed by atoms with Gasteiger partial charge in [0.05, 0.1) is 18.8 Å². The summed E-state index contributed by atoms with van der Waals surface area (Å²) < 4.78 is 6.98. The Morgan fingerprint density at radius 2 is 2.12 bits per heavy atom. The maximum Gasteiger partial charge on any atom is 0.274 e. The molecule has 0 aliphatic carbocycles. The fourth-order valence-corrected chi connectivity index (χ4v) is 2.56. The average molecular weight is 324 g/mol. The summed E-state index contributed by atoms with van der Waals surface area (Å²) in [6.07, 6.45) is 3.55. The van der Waals surface area contributed by atoms with Gasteiger partial charge in [-0.05, 0) is 30.7 Å². The van der Waals surface area contributed by atoms with Gasteiger partial charge in [-0.25, -0.2) is 4.98 Å². The minimum atomic E-state index is -0.124. The van der Waals surface area contributed by atoms with E-state index in [4.69, 9.17) is 4.74 Å². The summed E-state index contributed by atoms with van der Waals surface area (Å²) in [7, 11) is 3.40. The maximum atomic E-state index is 12.6. The van der Waals surface area contributed by atoms with E-state index in [-0.39, 0.29) is 5.91 Å². The zero-order valence-electron chi connectivity index (χ0n) is 14.1. The molecule has 3 rings (SSSR count). The molecule has 0 spiro atoms. The number of aromatic nitrogens is 3. The lowest BCUT2D eigenvalue weighted by atomic mass is 10.2. The first-order valence-corrected chi connectivity index (χ1v) is 7.71. The fraction of sp³-hybridized carbons (Fsp3) is 0.278. The van der Waals surface area contributed by atoms with Gasteiger partial charge in [-0.3, -0.25) is 9.78 Å². The Kier molecular flexibility index (Phi) is 4.57. The average Bonchev–Trinajstić information content (AvgIpc) is 3.02. The first-order chi connectivity index (χ1) is 11.6. The van der Waals surface area contributed by atoms with Crippen molar-refractivity contribution < 1.29 is 9.53 Å². The van der Waals surface area contributed by atoms with Crippen LogP contribution in [0, 0.1) is 6.92 Å². The molecule has 0 saturated heterocycles. The summed E-state index contributed by atoms with van der Waals surface area (Å²) >= 11 is 0. The number of amides is 1.